The van der Waals surface area contributed by atoms with Gasteiger partial charge in [0.15, 0.2) is 0 Å². The van der Waals surface area contributed by atoms with Crippen LogP contribution in [0.1, 0.15) is 50.2 Å². The van der Waals surface area contributed by atoms with E-state index in [1.807, 2.05) is 18.2 Å². The lowest BCUT2D eigenvalue weighted by Crippen LogP contribution is -2.47. The van der Waals surface area contributed by atoms with E-state index in [1.54, 1.807) is 0 Å². The zero-order valence-electron chi connectivity index (χ0n) is 15.0. The van der Waals surface area contributed by atoms with E-state index in [0.29, 0.717) is 11.9 Å². The Morgan fingerprint density at radius 3 is 2.56 bits per heavy atom. The Bertz CT molecular complexity index is 563. The molecule has 3 aliphatic rings. The summed E-state index contributed by atoms with van der Waals surface area (Å²) in [4.78, 5) is 15.3. The zero-order chi connectivity index (χ0) is 17.1. The first-order valence-corrected chi connectivity index (χ1v) is 10.0. The van der Waals surface area contributed by atoms with Crippen LogP contribution >= 0.6 is 0 Å². The van der Waals surface area contributed by atoms with Crippen molar-refractivity contribution < 1.29 is 9.53 Å². The Balaban J connectivity index is 1.39. The molecule has 3 unspecified atom stereocenters. The van der Waals surface area contributed by atoms with Crippen LogP contribution in [0.2, 0.25) is 0 Å². The summed E-state index contributed by atoms with van der Waals surface area (Å²) in [7, 11) is 0. The predicted octanol–water partition coefficient (Wildman–Crippen LogP) is 3.14. The lowest BCUT2D eigenvalue weighted by molar-refractivity contribution is -0.147. The van der Waals surface area contributed by atoms with Gasteiger partial charge in [0.1, 0.15) is 0 Å². The Morgan fingerprint density at radius 1 is 1.04 bits per heavy atom. The molecule has 0 radical (unpaired) electrons. The summed E-state index contributed by atoms with van der Waals surface area (Å²) in [5, 5.41) is 3.64. The molecule has 3 atom stereocenters. The van der Waals surface area contributed by atoms with Crippen molar-refractivity contribution in [2.45, 2.75) is 50.7 Å². The third kappa shape index (κ3) is 3.75. The van der Waals surface area contributed by atoms with Gasteiger partial charge in [0.25, 0.3) is 0 Å². The molecule has 136 valence electrons. The standard InChI is InChI=1S/C21H30N2O2/c24-21(23-13-10-16(11-14-23)19-9-4-12-22-19)18-8-5-15-25-20(18)17-6-2-1-3-7-17/h1-3,6-7,16,18-20,22H,4-5,8-15H2. The summed E-state index contributed by atoms with van der Waals surface area (Å²) in [5.41, 5.74) is 1.14. The molecule has 1 aromatic rings. The van der Waals surface area contributed by atoms with Gasteiger partial charge in [-0.3, -0.25) is 4.79 Å². The third-order valence-electron chi connectivity index (χ3n) is 6.29. The number of carbonyl (C=O) groups is 1. The number of nitrogens with one attached hydrogen (secondary N) is 1. The fourth-order valence-corrected chi connectivity index (χ4v) is 4.88. The summed E-state index contributed by atoms with van der Waals surface area (Å²) in [6, 6.07) is 11.0. The van der Waals surface area contributed by atoms with E-state index in [9.17, 15) is 4.79 Å². The van der Waals surface area contributed by atoms with Crippen molar-refractivity contribution in [1.82, 2.24) is 10.2 Å². The molecule has 0 bridgehead atoms. The molecule has 3 heterocycles. The second-order valence-corrected chi connectivity index (χ2v) is 7.82. The van der Waals surface area contributed by atoms with Gasteiger partial charge in [-0.2, -0.15) is 0 Å². The number of carbonyl (C=O) groups excluding carboxylic acids is 1. The maximum Gasteiger partial charge on any atom is 0.228 e. The molecule has 3 fully saturated rings. The predicted molar refractivity (Wildman–Crippen MR) is 98.2 cm³/mol. The minimum atomic E-state index is -0.0725. The average molecular weight is 342 g/mol. The molecule has 4 rings (SSSR count). The summed E-state index contributed by atoms with van der Waals surface area (Å²) in [5.74, 6) is 1.04. The maximum atomic E-state index is 13.2. The van der Waals surface area contributed by atoms with E-state index in [1.165, 1.54) is 19.4 Å². The first-order chi connectivity index (χ1) is 12.3. The van der Waals surface area contributed by atoms with Gasteiger partial charge in [0, 0.05) is 25.7 Å². The second-order valence-electron chi connectivity index (χ2n) is 7.82. The fourth-order valence-electron chi connectivity index (χ4n) is 4.88. The average Bonchev–Trinajstić information content (AvgIpc) is 3.23. The highest BCUT2D eigenvalue weighted by Gasteiger charge is 2.37. The van der Waals surface area contributed by atoms with Crippen LogP contribution in [-0.4, -0.2) is 43.1 Å². The van der Waals surface area contributed by atoms with Crippen LogP contribution in [0, 0.1) is 11.8 Å². The SMILES string of the molecule is O=C(C1CCCOC1c1ccccc1)N1CCC(C2CCCN2)CC1. The van der Waals surface area contributed by atoms with Gasteiger partial charge in [-0.25, -0.2) is 0 Å². The minimum absolute atomic E-state index is 0.0164. The van der Waals surface area contributed by atoms with E-state index < -0.39 is 0 Å². The van der Waals surface area contributed by atoms with Crippen LogP contribution in [0.3, 0.4) is 0 Å². The second kappa shape index (κ2) is 7.88. The normalized spacial score (nSPS) is 31.2. The maximum absolute atomic E-state index is 13.2. The largest absolute Gasteiger partial charge is 0.373 e. The van der Waals surface area contributed by atoms with Gasteiger partial charge in [-0.05, 0) is 56.6 Å². The van der Waals surface area contributed by atoms with Crippen molar-refractivity contribution in [1.29, 1.82) is 0 Å². The van der Waals surface area contributed by atoms with Gasteiger partial charge in [-0.1, -0.05) is 30.3 Å². The molecule has 0 saturated carbocycles. The van der Waals surface area contributed by atoms with Crippen molar-refractivity contribution in [2.24, 2.45) is 11.8 Å². The van der Waals surface area contributed by atoms with E-state index in [4.69, 9.17) is 4.74 Å². The molecule has 3 saturated heterocycles. The first kappa shape index (κ1) is 17.0. The van der Waals surface area contributed by atoms with E-state index >= 15 is 0 Å². The van der Waals surface area contributed by atoms with Crippen molar-refractivity contribution in [3.05, 3.63) is 35.9 Å². The van der Waals surface area contributed by atoms with E-state index in [2.05, 4.69) is 22.3 Å². The van der Waals surface area contributed by atoms with Gasteiger partial charge < -0.3 is 15.0 Å². The topological polar surface area (TPSA) is 41.6 Å². The zero-order valence-corrected chi connectivity index (χ0v) is 15.0. The molecule has 0 aliphatic carbocycles. The first-order valence-electron chi connectivity index (χ1n) is 10.0. The number of piperidine rings is 1. The van der Waals surface area contributed by atoms with Crippen LogP contribution in [-0.2, 0) is 9.53 Å². The molecule has 1 aromatic carbocycles. The molecule has 25 heavy (non-hydrogen) atoms. The minimum Gasteiger partial charge on any atom is -0.373 e. The Morgan fingerprint density at radius 2 is 1.84 bits per heavy atom. The van der Waals surface area contributed by atoms with Gasteiger partial charge in [0.2, 0.25) is 5.91 Å². The molecule has 0 aromatic heterocycles. The number of rotatable bonds is 3. The van der Waals surface area contributed by atoms with Crippen LogP contribution in [0.15, 0.2) is 30.3 Å². The third-order valence-corrected chi connectivity index (χ3v) is 6.29. The summed E-state index contributed by atoms with van der Waals surface area (Å²) < 4.78 is 6.03. The van der Waals surface area contributed by atoms with Crippen molar-refractivity contribution >= 4 is 5.91 Å². The Labute approximate surface area is 150 Å². The number of benzene rings is 1. The number of ether oxygens (including phenoxy) is 1. The smallest absolute Gasteiger partial charge is 0.228 e. The van der Waals surface area contributed by atoms with Crippen molar-refractivity contribution in [3.63, 3.8) is 0 Å². The molecule has 1 amide bonds. The van der Waals surface area contributed by atoms with E-state index in [-0.39, 0.29) is 12.0 Å². The highest BCUT2D eigenvalue weighted by atomic mass is 16.5. The van der Waals surface area contributed by atoms with Gasteiger partial charge in [-0.15, -0.1) is 0 Å². The number of hydrogen-bond donors (Lipinski definition) is 1. The molecular formula is C21H30N2O2. The number of nitrogens with zero attached hydrogens (tertiary/aromatic N) is 1. The monoisotopic (exact) mass is 342 g/mol. The lowest BCUT2D eigenvalue weighted by Gasteiger charge is -2.39. The highest BCUT2D eigenvalue weighted by Crippen LogP contribution is 2.36. The molecular weight excluding hydrogens is 312 g/mol. The van der Waals surface area contributed by atoms with Crippen LogP contribution in [0.25, 0.3) is 0 Å². The van der Waals surface area contributed by atoms with Gasteiger partial charge >= 0.3 is 0 Å². The summed E-state index contributed by atoms with van der Waals surface area (Å²) >= 11 is 0. The lowest BCUT2D eigenvalue weighted by atomic mass is 9.85. The summed E-state index contributed by atoms with van der Waals surface area (Å²) in [6.07, 6.45) is 6.77. The fraction of sp³-hybridized carbons (Fsp3) is 0.667. The number of amides is 1. The molecule has 4 nitrogen and oxygen atoms in total. The van der Waals surface area contributed by atoms with Gasteiger partial charge in [0.05, 0.1) is 12.0 Å². The number of likely N-dealkylation sites (tertiary alicyclic amines) is 1. The van der Waals surface area contributed by atoms with Crippen LogP contribution in [0.4, 0.5) is 0 Å². The Hall–Kier alpha value is -1.39. The van der Waals surface area contributed by atoms with Crippen LogP contribution < -0.4 is 5.32 Å². The van der Waals surface area contributed by atoms with E-state index in [0.717, 1.165) is 56.9 Å². The van der Waals surface area contributed by atoms with Crippen molar-refractivity contribution in [3.8, 4) is 0 Å². The molecule has 3 aliphatic heterocycles. The molecule has 4 heteroatoms. The quantitative estimate of drug-likeness (QED) is 0.917. The number of hydrogen-bond acceptors (Lipinski definition) is 3. The highest BCUT2D eigenvalue weighted by molar-refractivity contribution is 5.80. The Kier molecular flexibility index (Phi) is 5.37. The van der Waals surface area contributed by atoms with Crippen molar-refractivity contribution in [2.75, 3.05) is 26.2 Å². The summed E-state index contributed by atoms with van der Waals surface area (Å²) in [6.45, 7) is 3.76. The molecule has 0 spiro atoms. The molecule has 1 N–H and O–H groups in total. The van der Waals surface area contributed by atoms with Crippen LogP contribution in [0.5, 0.6) is 0 Å².